The van der Waals surface area contributed by atoms with Crippen LogP contribution in [0.25, 0.3) is 0 Å². The van der Waals surface area contributed by atoms with E-state index in [1.807, 2.05) is 0 Å². The Morgan fingerprint density at radius 2 is 2.00 bits per heavy atom. The first kappa shape index (κ1) is 8.07. The van der Waals surface area contributed by atoms with Crippen LogP contribution in [0.1, 0.15) is 19.8 Å². The van der Waals surface area contributed by atoms with Crippen LogP contribution in [0.3, 0.4) is 0 Å². The minimum absolute atomic E-state index is 0.258. The molecule has 0 aromatic heterocycles. The van der Waals surface area contributed by atoms with E-state index in [2.05, 4.69) is 13.0 Å². The number of fused-ring (bicyclic) bond motifs is 2. The molecule has 2 rings (SSSR count). The first-order valence-electron chi connectivity index (χ1n) is 4.72. The normalized spacial score (nSPS) is 50.9. The number of hydrogen-bond donors (Lipinski definition) is 0. The smallest absolute Gasteiger partial charge is 0.0662 e. The van der Waals surface area contributed by atoms with E-state index < -0.39 is 0 Å². The molecule has 0 heterocycles. The van der Waals surface area contributed by atoms with Gasteiger partial charge in [-0.1, -0.05) is 6.92 Å². The van der Waals surface area contributed by atoms with Gasteiger partial charge in [0.25, 0.3) is 0 Å². The largest absolute Gasteiger partial charge is 0.381 e. The molecule has 2 aliphatic rings. The zero-order valence-corrected chi connectivity index (χ0v) is 7.66. The fraction of sp³-hybridized carbons (Fsp3) is 0.900. The van der Waals surface area contributed by atoms with E-state index in [1.165, 1.54) is 12.8 Å². The van der Waals surface area contributed by atoms with E-state index in [9.17, 15) is 0 Å². The number of rotatable bonds is 1. The summed E-state index contributed by atoms with van der Waals surface area (Å²) in [5, 5.41) is 8.97. The molecule has 2 saturated carbocycles. The summed E-state index contributed by atoms with van der Waals surface area (Å²) < 4.78 is 5.45. The Kier molecular flexibility index (Phi) is 1.84. The van der Waals surface area contributed by atoms with Crippen LogP contribution in [0, 0.1) is 35.0 Å². The number of ether oxygens (including phenoxy) is 1. The van der Waals surface area contributed by atoms with Crippen molar-refractivity contribution in [1.82, 2.24) is 0 Å². The molecule has 12 heavy (non-hydrogen) atoms. The second-order valence-corrected chi connectivity index (χ2v) is 4.12. The van der Waals surface area contributed by atoms with Gasteiger partial charge in [0.2, 0.25) is 0 Å². The molecule has 5 unspecified atom stereocenters. The van der Waals surface area contributed by atoms with Gasteiger partial charge in [-0.25, -0.2) is 0 Å². The van der Waals surface area contributed by atoms with Gasteiger partial charge in [0.1, 0.15) is 0 Å². The Morgan fingerprint density at radius 3 is 2.42 bits per heavy atom. The van der Waals surface area contributed by atoms with Crippen molar-refractivity contribution < 1.29 is 4.74 Å². The van der Waals surface area contributed by atoms with Crippen LogP contribution in [-0.2, 0) is 4.74 Å². The van der Waals surface area contributed by atoms with Gasteiger partial charge in [-0.2, -0.15) is 5.26 Å². The van der Waals surface area contributed by atoms with Gasteiger partial charge in [0, 0.05) is 13.0 Å². The average Bonchev–Trinajstić information content (AvgIpc) is 2.58. The highest BCUT2D eigenvalue weighted by Gasteiger charge is 2.53. The average molecular weight is 165 g/mol. The second-order valence-electron chi connectivity index (χ2n) is 4.12. The summed E-state index contributed by atoms with van der Waals surface area (Å²) in [7, 11) is 1.78. The summed E-state index contributed by atoms with van der Waals surface area (Å²) in [6, 6.07) is 2.43. The summed E-state index contributed by atoms with van der Waals surface area (Å²) in [6.07, 6.45) is 2.85. The van der Waals surface area contributed by atoms with E-state index >= 15 is 0 Å². The van der Waals surface area contributed by atoms with E-state index in [4.69, 9.17) is 10.00 Å². The third-order valence-corrected chi connectivity index (χ3v) is 3.80. The molecule has 2 fully saturated rings. The zero-order valence-electron chi connectivity index (χ0n) is 7.66. The van der Waals surface area contributed by atoms with Crippen LogP contribution in [0.5, 0.6) is 0 Å². The van der Waals surface area contributed by atoms with Crippen molar-refractivity contribution in [2.24, 2.45) is 23.7 Å². The molecule has 0 N–H and O–H groups in total. The van der Waals surface area contributed by atoms with Gasteiger partial charge in [0.05, 0.1) is 18.1 Å². The molecule has 0 radical (unpaired) electrons. The van der Waals surface area contributed by atoms with Crippen LogP contribution >= 0.6 is 0 Å². The number of hydrogen-bond acceptors (Lipinski definition) is 2. The fourth-order valence-corrected chi connectivity index (χ4v) is 3.20. The maximum Gasteiger partial charge on any atom is 0.0662 e. The van der Waals surface area contributed by atoms with Crippen molar-refractivity contribution in [3.63, 3.8) is 0 Å². The third kappa shape index (κ3) is 0.834. The summed E-state index contributed by atoms with van der Waals surface area (Å²) in [4.78, 5) is 0. The standard InChI is InChI=1S/C10H15NO/c1-6-7-3-4-8(9(6)5-11)10(7)12-2/h6-10H,3-4H2,1-2H3. The molecular weight excluding hydrogens is 150 g/mol. The summed E-state index contributed by atoms with van der Waals surface area (Å²) >= 11 is 0. The van der Waals surface area contributed by atoms with Crippen molar-refractivity contribution >= 4 is 0 Å². The predicted octanol–water partition coefficient (Wildman–Crippen LogP) is 1.82. The van der Waals surface area contributed by atoms with E-state index in [-0.39, 0.29) is 5.92 Å². The number of nitriles is 1. The van der Waals surface area contributed by atoms with Crippen molar-refractivity contribution in [1.29, 1.82) is 5.26 Å². The summed E-state index contributed by atoms with van der Waals surface area (Å²) in [5.74, 6) is 2.00. The topological polar surface area (TPSA) is 33.0 Å². The first-order valence-corrected chi connectivity index (χ1v) is 4.72. The van der Waals surface area contributed by atoms with Gasteiger partial charge in [0.15, 0.2) is 0 Å². The lowest BCUT2D eigenvalue weighted by Crippen LogP contribution is -2.17. The van der Waals surface area contributed by atoms with Gasteiger partial charge in [-0.05, 0) is 24.7 Å². The Balaban J connectivity index is 2.21. The summed E-state index contributed by atoms with van der Waals surface area (Å²) in [5.41, 5.74) is 0. The van der Waals surface area contributed by atoms with Gasteiger partial charge in [-0.15, -0.1) is 0 Å². The zero-order chi connectivity index (χ0) is 8.72. The minimum Gasteiger partial charge on any atom is -0.381 e. The van der Waals surface area contributed by atoms with Crippen LogP contribution in [-0.4, -0.2) is 13.2 Å². The van der Waals surface area contributed by atoms with Crippen molar-refractivity contribution in [2.45, 2.75) is 25.9 Å². The Hall–Kier alpha value is -0.550. The highest BCUT2D eigenvalue weighted by molar-refractivity contribution is 5.08. The lowest BCUT2D eigenvalue weighted by atomic mass is 9.81. The molecule has 2 bridgehead atoms. The summed E-state index contributed by atoms with van der Waals surface area (Å²) in [6.45, 7) is 2.20. The maximum absolute atomic E-state index is 8.97. The molecule has 0 aromatic rings. The van der Waals surface area contributed by atoms with Crippen molar-refractivity contribution in [3.05, 3.63) is 0 Å². The molecule has 0 saturated heterocycles. The monoisotopic (exact) mass is 165 g/mol. The number of nitrogens with zero attached hydrogens (tertiary/aromatic N) is 1. The van der Waals surface area contributed by atoms with Crippen molar-refractivity contribution in [2.75, 3.05) is 7.11 Å². The molecule has 0 amide bonds. The molecule has 2 aliphatic carbocycles. The molecule has 66 valence electrons. The highest BCUT2D eigenvalue weighted by Crippen LogP contribution is 2.52. The van der Waals surface area contributed by atoms with Crippen LogP contribution in [0.15, 0.2) is 0 Å². The van der Waals surface area contributed by atoms with Gasteiger partial charge >= 0.3 is 0 Å². The second kappa shape index (κ2) is 2.74. The molecule has 5 atom stereocenters. The van der Waals surface area contributed by atoms with Crippen molar-refractivity contribution in [3.8, 4) is 6.07 Å². The molecule has 0 aliphatic heterocycles. The lowest BCUT2D eigenvalue weighted by molar-refractivity contribution is 0.0606. The molecule has 0 spiro atoms. The number of methoxy groups -OCH3 is 1. The van der Waals surface area contributed by atoms with Crippen LogP contribution in [0.2, 0.25) is 0 Å². The first-order chi connectivity index (χ1) is 5.79. The molecule has 2 heteroatoms. The van der Waals surface area contributed by atoms with Gasteiger partial charge < -0.3 is 4.74 Å². The Labute approximate surface area is 73.5 Å². The quantitative estimate of drug-likeness (QED) is 0.593. The lowest BCUT2D eigenvalue weighted by Gasteiger charge is -2.20. The fourth-order valence-electron chi connectivity index (χ4n) is 3.20. The van der Waals surface area contributed by atoms with Gasteiger partial charge in [-0.3, -0.25) is 0 Å². The maximum atomic E-state index is 8.97. The van der Waals surface area contributed by atoms with E-state index in [1.54, 1.807) is 7.11 Å². The van der Waals surface area contributed by atoms with E-state index in [0.717, 1.165) is 0 Å². The van der Waals surface area contributed by atoms with Crippen LogP contribution < -0.4 is 0 Å². The SMILES string of the molecule is COC1C2CCC1C(C#N)C2C. The predicted molar refractivity (Wildman–Crippen MR) is 45.3 cm³/mol. The Bertz CT molecular complexity index is 220. The third-order valence-electron chi connectivity index (χ3n) is 3.80. The molecule has 2 nitrogen and oxygen atoms in total. The van der Waals surface area contributed by atoms with E-state index in [0.29, 0.717) is 23.9 Å². The molecule has 0 aromatic carbocycles. The minimum atomic E-state index is 0.258. The Morgan fingerprint density at radius 1 is 1.33 bits per heavy atom. The highest BCUT2D eigenvalue weighted by atomic mass is 16.5. The molecular formula is C10H15NO. The van der Waals surface area contributed by atoms with Crippen LogP contribution in [0.4, 0.5) is 0 Å².